The average Bonchev–Trinajstić information content (AvgIpc) is 2.63. The van der Waals surface area contributed by atoms with Crippen molar-refractivity contribution in [3.05, 3.63) is 65.2 Å². The fourth-order valence-corrected chi connectivity index (χ4v) is 4.39. The summed E-state index contributed by atoms with van der Waals surface area (Å²) in [6, 6.07) is 13.8. The first-order valence-electron chi connectivity index (χ1n) is 8.84. The Labute approximate surface area is 166 Å². The highest BCUT2D eigenvalue weighted by Gasteiger charge is 2.18. The minimum atomic E-state index is -3.39. The molecule has 2 aromatic carbocycles. The number of amides is 1. The SMILES string of the molecule is Cc1ccc(S(=O)(=O)Cc2ccc(C(=O)NC3CCCNC3)cc2)cc1.Cl. The van der Waals surface area contributed by atoms with E-state index in [4.69, 9.17) is 0 Å². The largest absolute Gasteiger partial charge is 0.348 e. The molecule has 0 aromatic heterocycles. The number of nitrogens with one attached hydrogen (secondary N) is 2. The molecule has 2 N–H and O–H groups in total. The van der Waals surface area contributed by atoms with Gasteiger partial charge < -0.3 is 10.6 Å². The minimum Gasteiger partial charge on any atom is -0.348 e. The Kier molecular flexibility index (Phi) is 7.41. The zero-order chi connectivity index (χ0) is 18.6. The number of rotatable bonds is 5. The third-order valence-electron chi connectivity index (χ3n) is 4.59. The van der Waals surface area contributed by atoms with E-state index in [0.29, 0.717) is 16.0 Å². The van der Waals surface area contributed by atoms with E-state index in [1.165, 1.54) is 0 Å². The predicted molar refractivity (Wildman–Crippen MR) is 109 cm³/mol. The fourth-order valence-electron chi connectivity index (χ4n) is 3.04. The molecule has 27 heavy (non-hydrogen) atoms. The molecule has 0 aliphatic carbocycles. The summed E-state index contributed by atoms with van der Waals surface area (Å²) >= 11 is 0. The van der Waals surface area contributed by atoms with E-state index < -0.39 is 9.84 Å². The second kappa shape index (κ2) is 9.35. The number of sulfone groups is 1. The van der Waals surface area contributed by atoms with Gasteiger partial charge in [0.15, 0.2) is 9.84 Å². The van der Waals surface area contributed by atoms with Crippen LogP contribution < -0.4 is 10.6 Å². The molecule has 1 atom stereocenters. The summed E-state index contributed by atoms with van der Waals surface area (Å²) < 4.78 is 25.0. The van der Waals surface area contributed by atoms with Gasteiger partial charge in [-0.3, -0.25) is 4.79 Å². The van der Waals surface area contributed by atoms with Crippen LogP contribution in [-0.2, 0) is 15.6 Å². The number of carbonyl (C=O) groups excluding carboxylic acids is 1. The van der Waals surface area contributed by atoms with Gasteiger partial charge in [-0.25, -0.2) is 8.42 Å². The summed E-state index contributed by atoms with van der Waals surface area (Å²) in [5.74, 6) is -0.198. The van der Waals surface area contributed by atoms with Crippen LogP contribution in [0.1, 0.15) is 34.3 Å². The van der Waals surface area contributed by atoms with Gasteiger partial charge in [0, 0.05) is 18.2 Å². The van der Waals surface area contributed by atoms with Crippen molar-refractivity contribution in [1.29, 1.82) is 0 Å². The van der Waals surface area contributed by atoms with Crippen LogP contribution in [0.15, 0.2) is 53.4 Å². The Balaban J connectivity index is 0.00000261. The molecule has 0 radical (unpaired) electrons. The Morgan fingerprint density at radius 2 is 1.78 bits per heavy atom. The van der Waals surface area contributed by atoms with Gasteiger partial charge in [0.25, 0.3) is 5.91 Å². The highest BCUT2D eigenvalue weighted by molar-refractivity contribution is 7.90. The number of carbonyl (C=O) groups is 1. The number of piperidine rings is 1. The first-order chi connectivity index (χ1) is 12.4. The fraction of sp³-hybridized carbons (Fsp3) is 0.350. The van der Waals surface area contributed by atoms with Crippen LogP contribution in [0.4, 0.5) is 0 Å². The molecule has 1 unspecified atom stereocenters. The van der Waals surface area contributed by atoms with E-state index in [1.54, 1.807) is 48.5 Å². The van der Waals surface area contributed by atoms with E-state index in [1.807, 2.05) is 6.92 Å². The lowest BCUT2D eigenvalue weighted by Crippen LogP contribution is -2.45. The van der Waals surface area contributed by atoms with Crippen LogP contribution >= 0.6 is 12.4 Å². The van der Waals surface area contributed by atoms with Crippen molar-refractivity contribution >= 4 is 28.2 Å². The maximum Gasteiger partial charge on any atom is 0.251 e. The lowest BCUT2D eigenvalue weighted by molar-refractivity contribution is 0.0930. The van der Waals surface area contributed by atoms with Gasteiger partial charge >= 0.3 is 0 Å². The number of aryl methyl sites for hydroxylation is 1. The maximum atomic E-state index is 12.5. The molecule has 0 saturated carbocycles. The Morgan fingerprint density at radius 1 is 1.11 bits per heavy atom. The van der Waals surface area contributed by atoms with Crippen LogP contribution in [0.5, 0.6) is 0 Å². The lowest BCUT2D eigenvalue weighted by atomic mass is 10.1. The number of hydrogen-bond donors (Lipinski definition) is 2. The lowest BCUT2D eigenvalue weighted by Gasteiger charge is -2.23. The van der Waals surface area contributed by atoms with E-state index in [9.17, 15) is 13.2 Å². The molecule has 2 aromatic rings. The third-order valence-corrected chi connectivity index (χ3v) is 6.29. The standard InChI is InChI=1S/C20H24N2O3S.ClH/c1-15-4-10-19(11-5-15)26(24,25)14-16-6-8-17(9-7-16)20(23)22-18-3-2-12-21-13-18;/h4-11,18,21H,2-3,12-14H2,1H3,(H,22,23);1H. The highest BCUT2D eigenvalue weighted by atomic mass is 35.5. The number of halogens is 1. The van der Waals surface area contributed by atoms with Crippen molar-refractivity contribution in [3.8, 4) is 0 Å². The van der Waals surface area contributed by atoms with E-state index in [-0.39, 0.29) is 30.1 Å². The van der Waals surface area contributed by atoms with Crippen molar-refractivity contribution in [2.45, 2.75) is 36.5 Å². The summed E-state index contributed by atoms with van der Waals surface area (Å²) in [6.45, 7) is 3.71. The van der Waals surface area contributed by atoms with Gasteiger partial charge in [-0.15, -0.1) is 12.4 Å². The molecule has 1 amide bonds. The second-order valence-electron chi connectivity index (χ2n) is 6.79. The summed E-state index contributed by atoms with van der Waals surface area (Å²) in [4.78, 5) is 12.6. The molecule has 3 rings (SSSR count). The van der Waals surface area contributed by atoms with Gasteiger partial charge in [0.2, 0.25) is 0 Å². The molecule has 0 bridgehead atoms. The summed E-state index contributed by atoms with van der Waals surface area (Å²) in [6.07, 6.45) is 2.03. The van der Waals surface area contributed by atoms with Gasteiger partial charge in [-0.1, -0.05) is 29.8 Å². The molecule has 146 valence electrons. The first-order valence-corrected chi connectivity index (χ1v) is 10.5. The predicted octanol–water partition coefficient (Wildman–Crippen LogP) is 2.87. The minimum absolute atomic E-state index is 0. The first kappa shape index (κ1) is 21.4. The van der Waals surface area contributed by atoms with Crippen LogP contribution in [0.25, 0.3) is 0 Å². The van der Waals surface area contributed by atoms with Crippen molar-refractivity contribution in [2.24, 2.45) is 0 Å². The summed E-state index contributed by atoms with van der Waals surface area (Å²) in [5.41, 5.74) is 2.24. The Hall–Kier alpha value is -1.89. The maximum absolute atomic E-state index is 12.5. The van der Waals surface area contributed by atoms with Gasteiger partial charge in [0.05, 0.1) is 10.6 Å². The molecule has 1 fully saturated rings. The summed E-state index contributed by atoms with van der Waals surface area (Å²) in [5, 5.41) is 6.28. The molecule has 7 heteroatoms. The molecule has 1 saturated heterocycles. The quantitative estimate of drug-likeness (QED) is 0.797. The molecule has 5 nitrogen and oxygen atoms in total. The van der Waals surface area contributed by atoms with Gasteiger partial charge in [-0.05, 0) is 56.1 Å². The summed E-state index contributed by atoms with van der Waals surface area (Å²) in [7, 11) is -3.39. The number of benzene rings is 2. The van der Waals surface area contributed by atoms with E-state index >= 15 is 0 Å². The molecule has 1 heterocycles. The topological polar surface area (TPSA) is 75.3 Å². The molecule has 1 aliphatic rings. The normalized spacial score (nSPS) is 17.0. The second-order valence-corrected chi connectivity index (χ2v) is 8.78. The van der Waals surface area contributed by atoms with Crippen molar-refractivity contribution in [3.63, 3.8) is 0 Å². The average molecular weight is 409 g/mol. The van der Waals surface area contributed by atoms with Gasteiger partial charge in [0.1, 0.15) is 0 Å². The van der Waals surface area contributed by atoms with Crippen LogP contribution in [0.2, 0.25) is 0 Å². The molecule has 1 aliphatic heterocycles. The number of hydrogen-bond acceptors (Lipinski definition) is 4. The molecule has 0 spiro atoms. The zero-order valence-electron chi connectivity index (χ0n) is 15.3. The Morgan fingerprint density at radius 3 is 2.37 bits per heavy atom. The third kappa shape index (κ3) is 5.79. The van der Waals surface area contributed by atoms with Crippen LogP contribution in [-0.4, -0.2) is 33.5 Å². The van der Waals surface area contributed by atoms with Crippen molar-refractivity contribution in [1.82, 2.24) is 10.6 Å². The van der Waals surface area contributed by atoms with E-state index in [0.717, 1.165) is 31.5 Å². The van der Waals surface area contributed by atoms with Crippen molar-refractivity contribution < 1.29 is 13.2 Å². The molecular formula is C20H25ClN2O3S. The van der Waals surface area contributed by atoms with Crippen LogP contribution in [0, 0.1) is 6.92 Å². The molecular weight excluding hydrogens is 384 g/mol. The zero-order valence-corrected chi connectivity index (χ0v) is 16.9. The van der Waals surface area contributed by atoms with Gasteiger partial charge in [-0.2, -0.15) is 0 Å². The van der Waals surface area contributed by atoms with Crippen LogP contribution in [0.3, 0.4) is 0 Å². The Bertz CT molecular complexity index is 859. The monoisotopic (exact) mass is 408 g/mol. The van der Waals surface area contributed by atoms with E-state index in [2.05, 4.69) is 10.6 Å². The smallest absolute Gasteiger partial charge is 0.251 e. The van der Waals surface area contributed by atoms with Crippen molar-refractivity contribution in [2.75, 3.05) is 13.1 Å². The highest BCUT2D eigenvalue weighted by Crippen LogP contribution is 2.17.